The van der Waals surface area contributed by atoms with Gasteiger partial charge in [-0.25, -0.2) is 0 Å². The maximum Gasteiger partial charge on any atom is 0.193 e. The predicted molar refractivity (Wildman–Crippen MR) is 86.3 cm³/mol. The van der Waals surface area contributed by atoms with E-state index in [2.05, 4.69) is 35.9 Å². The molecule has 0 aromatic carbocycles. The first-order valence-electron chi connectivity index (χ1n) is 8.51. The Balaban J connectivity index is 1.90. The molecule has 2 saturated heterocycles. The van der Waals surface area contributed by atoms with Crippen molar-refractivity contribution >= 4 is 5.96 Å². The third-order valence-corrected chi connectivity index (χ3v) is 4.67. The Kier molecular flexibility index (Phi) is 6.14. The molecule has 0 aliphatic carbocycles. The van der Waals surface area contributed by atoms with Crippen LogP contribution in [0.3, 0.4) is 0 Å². The Morgan fingerprint density at radius 2 is 1.90 bits per heavy atom. The van der Waals surface area contributed by atoms with Crippen molar-refractivity contribution in [1.29, 1.82) is 0 Å². The number of piperidine rings is 1. The number of nitrogens with zero attached hydrogens (tertiary/aromatic N) is 3. The molecule has 0 aromatic rings. The highest BCUT2D eigenvalue weighted by molar-refractivity contribution is 5.80. The number of hydrogen-bond donors (Lipinski definition) is 1. The zero-order valence-electron chi connectivity index (χ0n) is 13.6. The molecule has 2 heterocycles. The van der Waals surface area contributed by atoms with Gasteiger partial charge < -0.3 is 10.2 Å². The van der Waals surface area contributed by atoms with Crippen LogP contribution in [0.25, 0.3) is 0 Å². The van der Waals surface area contributed by atoms with Gasteiger partial charge >= 0.3 is 0 Å². The van der Waals surface area contributed by atoms with Crippen LogP contribution < -0.4 is 5.32 Å². The average Bonchev–Trinajstić information content (AvgIpc) is 2.97. The second kappa shape index (κ2) is 7.87. The fourth-order valence-electron chi connectivity index (χ4n) is 3.45. The Bertz CT molecular complexity index is 310. The molecule has 2 atom stereocenters. The number of rotatable bonds is 4. The number of aliphatic imine (C=N–C) groups is 1. The second-order valence-electron chi connectivity index (χ2n) is 6.32. The Hall–Kier alpha value is -0.770. The van der Waals surface area contributed by atoms with Crippen molar-refractivity contribution in [2.75, 3.05) is 32.7 Å². The van der Waals surface area contributed by atoms with E-state index in [0.29, 0.717) is 6.04 Å². The lowest BCUT2D eigenvalue weighted by Crippen LogP contribution is -2.46. The molecule has 0 spiro atoms. The summed E-state index contributed by atoms with van der Waals surface area (Å²) in [6, 6.07) is 1.28. The molecule has 2 fully saturated rings. The van der Waals surface area contributed by atoms with Crippen molar-refractivity contribution in [1.82, 2.24) is 15.1 Å². The third kappa shape index (κ3) is 4.11. The van der Waals surface area contributed by atoms with E-state index in [9.17, 15) is 0 Å². The van der Waals surface area contributed by atoms with Gasteiger partial charge in [-0.1, -0.05) is 6.42 Å². The van der Waals surface area contributed by atoms with E-state index in [4.69, 9.17) is 4.99 Å². The number of likely N-dealkylation sites (tertiary alicyclic amines) is 2. The first-order chi connectivity index (χ1) is 9.72. The fourth-order valence-corrected chi connectivity index (χ4v) is 3.45. The first-order valence-corrected chi connectivity index (χ1v) is 8.51. The van der Waals surface area contributed by atoms with Gasteiger partial charge in [0.1, 0.15) is 0 Å². The summed E-state index contributed by atoms with van der Waals surface area (Å²) in [5.41, 5.74) is 0. The van der Waals surface area contributed by atoms with Crippen LogP contribution in [-0.4, -0.2) is 60.6 Å². The maximum atomic E-state index is 4.89. The van der Waals surface area contributed by atoms with Crippen LogP contribution in [-0.2, 0) is 0 Å². The molecule has 2 rings (SSSR count). The standard InChI is InChI=1S/C16H32N4/c1-4-17-16(19-10-7-8-11-19)18-13-15(3)20-12-6-5-9-14(20)2/h14-15H,4-13H2,1-3H3,(H,17,18). The summed E-state index contributed by atoms with van der Waals surface area (Å²) in [7, 11) is 0. The van der Waals surface area contributed by atoms with Crippen molar-refractivity contribution in [2.24, 2.45) is 4.99 Å². The summed E-state index contributed by atoms with van der Waals surface area (Å²) in [5.74, 6) is 1.13. The molecular weight excluding hydrogens is 248 g/mol. The van der Waals surface area contributed by atoms with Crippen LogP contribution in [0.5, 0.6) is 0 Å². The normalized spacial score (nSPS) is 26.9. The minimum absolute atomic E-state index is 0.557. The summed E-state index contributed by atoms with van der Waals surface area (Å²) in [4.78, 5) is 9.95. The number of hydrogen-bond acceptors (Lipinski definition) is 2. The van der Waals surface area contributed by atoms with Crippen molar-refractivity contribution in [3.05, 3.63) is 0 Å². The van der Waals surface area contributed by atoms with Gasteiger partial charge in [-0.05, 0) is 53.0 Å². The van der Waals surface area contributed by atoms with E-state index in [1.807, 2.05) is 0 Å². The van der Waals surface area contributed by atoms with Crippen molar-refractivity contribution in [3.8, 4) is 0 Å². The molecular formula is C16H32N4. The predicted octanol–water partition coefficient (Wildman–Crippen LogP) is 2.31. The van der Waals surface area contributed by atoms with E-state index < -0.39 is 0 Å². The van der Waals surface area contributed by atoms with Crippen LogP contribution >= 0.6 is 0 Å². The van der Waals surface area contributed by atoms with E-state index in [-0.39, 0.29) is 0 Å². The molecule has 0 saturated carbocycles. The van der Waals surface area contributed by atoms with Gasteiger partial charge in [-0.15, -0.1) is 0 Å². The highest BCUT2D eigenvalue weighted by Gasteiger charge is 2.23. The average molecular weight is 280 g/mol. The van der Waals surface area contributed by atoms with E-state index in [1.165, 1.54) is 51.7 Å². The highest BCUT2D eigenvalue weighted by atomic mass is 15.3. The van der Waals surface area contributed by atoms with Crippen LogP contribution in [0, 0.1) is 0 Å². The smallest absolute Gasteiger partial charge is 0.193 e. The minimum Gasteiger partial charge on any atom is -0.357 e. The lowest BCUT2D eigenvalue weighted by Gasteiger charge is -2.37. The summed E-state index contributed by atoms with van der Waals surface area (Å²) < 4.78 is 0. The third-order valence-electron chi connectivity index (χ3n) is 4.67. The zero-order valence-corrected chi connectivity index (χ0v) is 13.6. The maximum absolute atomic E-state index is 4.89. The molecule has 116 valence electrons. The van der Waals surface area contributed by atoms with Gasteiger partial charge in [-0.3, -0.25) is 9.89 Å². The molecule has 2 unspecified atom stereocenters. The minimum atomic E-state index is 0.557. The van der Waals surface area contributed by atoms with Gasteiger partial charge in [-0.2, -0.15) is 0 Å². The fraction of sp³-hybridized carbons (Fsp3) is 0.938. The summed E-state index contributed by atoms with van der Waals surface area (Å²) in [6.45, 7) is 12.3. The number of nitrogens with one attached hydrogen (secondary N) is 1. The summed E-state index contributed by atoms with van der Waals surface area (Å²) >= 11 is 0. The van der Waals surface area contributed by atoms with Crippen LogP contribution in [0.15, 0.2) is 4.99 Å². The van der Waals surface area contributed by atoms with Gasteiger partial charge in [0.25, 0.3) is 0 Å². The van der Waals surface area contributed by atoms with Crippen molar-refractivity contribution in [3.63, 3.8) is 0 Å². The van der Waals surface area contributed by atoms with Gasteiger partial charge in [0.05, 0.1) is 6.54 Å². The van der Waals surface area contributed by atoms with E-state index in [1.54, 1.807) is 0 Å². The van der Waals surface area contributed by atoms with Crippen molar-refractivity contribution in [2.45, 2.75) is 65.0 Å². The van der Waals surface area contributed by atoms with Gasteiger partial charge in [0.2, 0.25) is 0 Å². The quantitative estimate of drug-likeness (QED) is 0.633. The topological polar surface area (TPSA) is 30.9 Å². The Morgan fingerprint density at radius 3 is 2.55 bits per heavy atom. The molecule has 4 heteroatoms. The molecule has 0 aromatic heterocycles. The number of guanidine groups is 1. The molecule has 20 heavy (non-hydrogen) atoms. The van der Waals surface area contributed by atoms with Gasteiger partial charge in [0, 0.05) is 31.7 Å². The van der Waals surface area contributed by atoms with Crippen LogP contribution in [0.2, 0.25) is 0 Å². The SMILES string of the molecule is CCNC(=NCC(C)N1CCCCC1C)N1CCCC1. The van der Waals surface area contributed by atoms with Crippen LogP contribution in [0.4, 0.5) is 0 Å². The summed E-state index contributed by atoms with van der Waals surface area (Å²) in [5, 5.41) is 3.45. The highest BCUT2D eigenvalue weighted by Crippen LogP contribution is 2.19. The van der Waals surface area contributed by atoms with Gasteiger partial charge in [0.15, 0.2) is 5.96 Å². The molecule has 2 aliphatic rings. The Morgan fingerprint density at radius 1 is 1.20 bits per heavy atom. The van der Waals surface area contributed by atoms with E-state index in [0.717, 1.165) is 25.1 Å². The van der Waals surface area contributed by atoms with Crippen molar-refractivity contribution < 1.29 is 0 Å². The zero-order chi connectivity index (χ0) is 14.4. The Labute approximate surface area is 124 Å². The molecule has 1 N–H and O–H groups in total. The lowest BCUT2D eigenvalue weighted by atomic mass is 10.0. The largest absolute Gasteiger partial charge is 0.357 e. The molecule has 0 amide bonds. The second-order valence-corrected chi connectivity index (χ2v) is 6.32. The lowest BCUT2D eigenvalue weighted by molar-refractivity contribution is 0.118. The molecule has 2 aliphatic heterocycles. The molecule has 0 bridgehead atoms. The monoisotopic (exact) mass is 280 g/mol. The van der Waals surface area contributed by atoms with E-state index >= 15 is 0 Å². The molecule has 4 nitrogen and oxygen atoms in total. The van der Waals surface area contributed by atoms with Crippen LogP contribution in [0.1, 0.15) is 52.9 Å². The molecule has 0 radical (unpaired) electrons. The first kappa shape index (κ1) is 15.6. The summed E-state index contributed by atoms with van der Waals surface area (Å²) in [6.07, 6.45) is 6.71.